The highest BCUT2D eigenvalue weighted by Crippen LogP contribution is 2.30. The van der Waals surface area contributed by atoms with Gasteiger partial charge in [-0.25, -0.2) is 4.98 Å². The molecule has 2 heterocycles. The summed E-state index contributed by atoms with van der Waals surface area (Å²) in [6, 6.07) is 15.5. The lowest BCUT2D eigenvalue weighted by atomic mass is 10.1. The Hall–Kier alpha value is -4.30. The Morgan fingerprint density at radius 3 is 2.67 bits per heavy atom. The predicted molar refractivity (Wildman–Crippen MR) is 155 cm³/mol. The van der Waals surface area contributed by atoms with E-state index in [0.717, 1.165) is 52.0 Å². The van der Waals surface area contributed by atoms with Crippen LogP contribution in [0.1, 0.15) is 30.5 Å². The highest BCUT2D eigenvalue weighted by Gasteiger charge is 2.12. The molecular formula is C31H36N4O4. The van der Waals surface area contributed by atoms with Crippen LogP contribution in [0.25, 0.3) is 28.2 Å². The Morgan fingerprint density at radius 2 is 1.90 bits per heavy atom. The number of nitrogens with one attached hydrogen (secondary N) is 2. The third-order valence-corrected chi connectivity index (χ3v) is 6.43. The Bertz CT molecular complexity index is 1440. The molecule has 0 aliphatic carbocycles. The molecule has 0 saturated carbocycles. The minimum absolute atomic E-state index is 0.199. The van der Waals surface area contributed by atoms with Crippen LogP contribution in [-0.2, 0) is 4.79 Å². The van der Waals surface area contributed by atoms with Crippen LogP contribution in [0.2, 0.25) is 0 Å². The normalized spacial score (nSPS) is 12.2. The summed E-state index contributed by atoms with van der Waals surface area (Å²) >= 11 is 0. The van der Waals surface area contributed by atoms with Gasteiger partial charge in [-0.3, -0.25) is 4.79 Å². The van der Waals surface area contributed by atoms with Crippen molar-refractivity contribution < 1.29 is 19.0 Å². The second kappa shape index (κ2) is 13.0. The van der Waals surface area contributed by atoms with Crippen LogP contribution < -0.4 is 19.5 Å². The summed E-state index contributed by atoms with van der Waals surface area (Å²) in [7, 11) is 7.30. The maximum Gasteiger partial charge on any atom is 0.244 e. The zero-order valence-electron chi connectivity index (χ0n) is 23.2. The summed E-state index contributed by atoms with van der Waals surface area (Å²) in [6.45, 7) is 3.57. The average molecular weight is 529 g/mol. The summed E-state index contributed by atoms with van der Waals surface area (Å²) in [4.78, 5) is 22.6. The number of carbonyl (C=O) groups excluding carboxylic acids is 1. The highest BCUT2D eigenvalue weighted by atomic mass is 16.5. The van der Waals surface area contributed by atoms with Crippen LogP contribution in [0, 0.1) is 0 Å². The standard InChI is InChI=1S/C31H36N4O4/c1-21(22-10-12-28(37-4)29(18-22)38-5)34-30(36)13-11-24-19-32-31-27(24)17-25(20-33-31)23-8-6-9-26(16-23)39-15-7-14-35(2)3/h6,8-13,16-21H,7,14-15H2,1-5H3,(H,32,33)(H,34,36)/b13-11+/t21-/m1/s1. The lowest BCUT2D eigenvalue weighted by Gasteiger charge is -2.15. The number of pyridine rings is 1. The molecule has 1 amide bonds. The first-order valence-electron chi connectivity index (χ1n) is 12.9. The van der Waals surface area contributed by atoms with E-state index in [9.17, 15) is 4.79 Å². The van der Waals surface area contributed by atoms with E-state index in [1.807, 2.05) is 61.8 Å². The lowest BCUT2D eigenvalue weighted by Crippen LogP contribution is -2.24. The van der Waals surface area contributed by atoms with Crippen molar-refractivity contribution in [2.45, 2.75) is 19.4 Å². The quantitative estimate of drug-likeness (QED) is 0.187. The maximum atomic E-state index is 12.7. The molecule has 8 nitrogen and oxygen atoms in total. The van der Waals surface area contributed by atoms with E-state index in [-0.39, 0.29) is 11.9 Å². The molecule has 2 aromatic heterocycles. The molecule has 0 saturated heterocycles. The van der Waals surface area contributed by atoms with Crippen LogP contribution >= 0.6 is 0 Å². The molecular weight excluding hydrogens is 492 g/mol. The fraction of sp³-hybridized carbons (Fsp3) is 0.290. The van der Waals surface area contributed by atoms with Gasteiger partial charge in [-0.1, -0.05) is 18.2 Å². The molecule has 0 aliphatic heterocycles. The number of hydrogen-bond donors (Lipinski definition) is 2. The number of amides is 1. The largest absolute Gasteiger partial charge is 0.494 e. The van der Waals surface area contributed by atoms with Crippen LogP contribution in [0.3, 0.4) is 0 Å². The molecule has 39 heavy (non-hydrogen) atoms. The van der Waals surface area contributed by atoms with E-state index in [0.29, 0.717) is 18.1 Å². The summed E-state index contributed by atoms with van der Waals surface area (Å²) in [5, 5.41) is 3.93. The summed E-state index contributed by atoms with van der Waals surface area (Å²) < 4.78 is 16.6. The van der Waals surface area contributed by atoms with Gasteiger partial charge in [-0.05, 0) is 75.0 Å². The molecule has 204 valence electrons. The van der Waals surface area contributed by atoms with E-state index >= 15 is 0 Å². The van der Waals surface area contributed by atoms with Gasteiger partial charge in [0, 0.05) is 41.5 Å². The fourth-order valence-electron chi connectivity index (χ4n) is 4.29. The van der Waals surface area contributed by atoms with Gasteiger partial charge in [0.05, 0.1) is 26.9 Å². The molecule has 1 atom stereocenters. The predicted octanol–water partition coefficient (Wildman–Crippen LogP) is 5.47. The molecule has 8 heteroatoms. The molecule has 0 radical (unpaired) electrons. The molecule has 2 aromatic carbocycles. The monoisotopic (exact) mass is 528 g/mol. The third kappa shape index (κ3) is 7.18. The number of ether oxygens (including phenoxy) is 3. The summed E-state index contributed by atoms with van der Waals surface area (Å²) in [5.74, 6) is 1.90. The second-order valence-corrected chi connectivity index (χ2v) is 9.58. The minimum Gasteiger partial charge on any atom is -0.494 e. The number of rotatable bonds is 12. The van der Waals surface area contributed by atoms with Crippen LogP contribution in [0.4, 0.5) is 0 Å². The highest BCUT2D eigenvalue weighted by molar-refractivity contribution is 5.96. The Kier molecular flexibility index (Phi) is 9.22. The molecule has 0 aliphatic rings. The first-order valence-corrected chi connectivity index (χ1v) is 12.9. The molecule has 0 bridgehead atoms. The van der Waals surface area contributed by atoms with Crippen LogP contribution in [0.5, 0.6) is 17.2 Å². The van der Waals surface area contributed by atoms with Crippen molar-refractivity contribution in [2.24, 2.45) is 0 Å². The van der Waals surface area contributed by atoms with Gasteiger partial charge >= 0.3 is 0 Å². The van der Waals surface area contributed by atoms with E-state index in [4.69, 9.17) is 14.2 Å². The number of nitrogens with zero attached hydrogens (tertiary/aromatic N) is 2. The summed E-state index contributed by atoms with van der Waals surface area (Å²) in [5.41, 5.74) is 4.55. The van der Waals surface area contributed by atoms with Gasteiger partial charge in [-0.2, -0.15) is 0 Å². The maximum absolute atomic E-state index is 12.7. The molecule has 4 rings (SSSR count). The SMILES string of the molecule is COc1ccc([C@@H](C)NC(=O)/C=C/c2c[nH]c3ncc(-c4cccc(OCCCN(C)C)c4)cc23)cc1OC. The number of aromatic amines is 1. The average Bonchev–Trinajstić information content (AvgIpc) is 3.36. The van der Waals surface area contributed by atoms with Gasteiger partial charge in [0.2, 0.25) is 5.91 Å². The molecule has 0 fully saturated rings. The van der Waals surface area contributed by atoms with Crippen molar-refractivity contribution in [1.82, 2.24) is 20.2 Å². The fourth-order valence-corrected chi connectivity index (χ4v) is 4.29. The minimum atomic E-state index is -0.212. The molecule has 0 spiro atoms. The third-order valence-electron chi connectivity index (χ3n) is 6.43. The second-order valence-electron chi connectivity index (χ2n) is 9.58. The Morgan fingerprint density at radius 1 is 1.08 bits per heavy atom. The van der Waals surface area contributed by atoms with Gasteiger partial charge in [0.25, 0.3) is 0 Å². The molecule has 4 aromatic rings. The van der Waals surface area contributed by atoms with E-state index in [2.05, 4.69) is 40.3 Å². The zero-order chi connectivity index (χ0) is 27.8. The van der Waals surface area contributed by atoms with Gasteiger partial charge < -0.3 is 29.4 Å². The Balaban J connectivity index is 1.45. The van der Waals surface area contributed by atoms with Crippen molar-refractivity contribution in [1.29, 1.82) is 0 Å². The summed E-state index contributed by atoms with van der Waals surface area (Å²) in [6.07, 6.45) is 7.99. The van der Waals surface area contributed by atoms with E-state index in [1.54, 1.807) is 20.3 Å². The first-order chi connectivity index (χ1) is 18.9. The van der Waals surface area contributed by atoms with Gasteiger partial charge in [-0.15, -0.1) is 0 Å². The zero-order valence-corrected chi connectivity index (χ0v) is 23.2. The smallest absolute Gasteiger partial charge is 0.244 e. The number of H-pyrrole nitrogens is 1. The van der Waals surface area contributed by atoms with Crippen LogP contribution in [0.15, 0.2) is 67.0 Å². The number of methoxy groups -OCH3 is 2. The lowest BCUT2D eigenvalue weighted by molar-refractivity contribution is -0.117. The van der Waals surface area contributed by atoms with Crippen molar-refractivity contribution >= 4 is 23.0 Å². The number of benzene rings is 2. The van der Waals surface area contributed by atoms with Crippen molar-refractivity contribution in [3.8, 4) is 28.4 Å². The van der Waals surface area contributed by atoms with Crippen molar-refractivity contribution in [2.75, 3.05) is 41.5 Å². The van der Waals surface area contributed by atoms with Crippen molar-refractivity contribution in [3.05, 3.63) is 78.1 Å². The van der Waals surface area contributed by atoms with Gasteiger partial charge in [0.1, 0.15) is 11.4 Å². The van der Waals surface area contributed by atoms with E-state index in [1.165, 1.54) is 6.08 Å². The Labute approximate surface area is 229 Å². The van der Waals surface area contributed by atoms with Gasteiger partial charge in [0.15, 0.2) is 11.5 Å². The molecule has 2 N–H and O–H groups in total. The number of fused-ring (bicyclic) bond motifs is 1. The van der Waals surface area contributed by atoms with Crippen molar-refractivity contribution in [3.63, 3.8) is 0 Å². The number of carbonyl (C=O) groups is 1. The number of hydrogen-bond acceptors (Lipinski definition) is 6. The van der Waals surface area contributed by atoms with E-state index < -0.39 is 0 Å². The first kappa shape index (κ1) is 27.7. The van der Waals surface area contributed by atoms with Crippen LogP contribution in [-0.4, -0.2) is 62.2 Å². The number of aromatic nitrogens is 2. The topological polar surface area (TPSA) is 88.7 Å². The molecule has 0 unspecified atom stereocenters.